The summed E-state index contributed by atoms with van der Waals surface area (Å²) < 4.78 is 0. The second-order valence-corrected chi connectivity index (χ2v) is 4.07. The molecule has 1 heterocycles. The molecule has 0 aromatic heterocycles. The van der Waals surface area contributed by atoms with Gasteiger partial charge in [0.1, 0.15) is 5.78 Å². The van der Waals surface area contributed by atoms with Crippen molar-refractivity contribution in [3.8, 4) is 0 Å². The summed E-state index contributed by atoms with van der Waals surface area (Å²) in [5.41, 5.74) is 0. The van der Waals surface area contributed by atoms with Gasteiger partial charge in [-0.3, -0.25) is 4.79 Å². The highest BCUT2D eigenvalue weighted by molar-refractivity contribution is 5.84. The first-order valence-corrected chi connectivity index (χ1v) is 5.10. The highest BCUT2D eigenvalue weighted by Crippen LogP contribution is 2.34. The Balaban J connectivity index is 1.94. The highest BCUT2D eigenvalue weighted by Gasteiger charge is 2.38. The molecule has 2 nitrogen and oxygen atoms in total. The maximum absolute atomic E-state index is 11.4. The fourth-order valence-electron chi connectivity index (χ4n) is 2.64. The van der Waals surface area contributed by atoms with E-state index >= 15 is 0 Å². The third-order valence-electron chi connectivity index (χ3n) is 3.35. The van der Waals surface area contributed by atoms with Crippen LogP contribution in [0.4, 0.5) is 0 Å². The Labute approximate surface area is 73.7 Å². The molecule has 12 heavy (non-hydrogen) atoms. The number of carbonyl (C=O) groups is 1. The van der Waals surface area contributed by atoms with Crippen LogP contribution >= 0.6 is 0 Å². The summed E-state index contributed by atoms with van der Waals surface area (Å²) in [6.07, 6.45) is 5.78. The maximum Gasteiger partial charge on any atom is 0.149 e. The van der Waals surface area contributed by atoms with E-state index in [0.29, 0.717) is 18.2 Å². The van der Waals surface area contributed by atoms with Gasteiger partial charge >= 0.3 is 0 Å². The minimum absolute atomic E-state index is 0.199. The summed E-state index contributed by atoms with van der Waals surface area (Å²) in [7, 11) is 0. The van der Waals surface area contributed by atoms with Crippen LogP contribution in [0.15, 0.2) is 0 Å². The lowest BCUT2D eigenvalue weighted by Crippen LogP contribution is -2.34. The molecule has 0 spiro atoms. The molecule has 0 amide bonds. The molecule has 2 fully saturated rings. The van der Waals surface area contributed by atoms with Gasteiger partial charge in [0.2, 0.25) is 0 Å². The summed E-state index contributed by atoms with van der Waals surface area (Å²) in [6.45, 7) is 1.96. The van der Waals surface area contributed by atoms with Crippen molar-refractivity contribution < 1.29 is 4.79 Å². The molecule has 2 aliphatic rings. The zero-order valence-electron chi connectivity index (χ0n) is 7.68. The van der Waals surface area contributed by atoms with Crippen molar-refractivity contribution >= 4 is 5.78 Å². The Morgan fingerprint density at radius 2 is 2.33 bits per heavy atom. The van der Waals surface area contributed by atoms with Crippen LogP contribution < -0.4 is 5.32 Å². The van der Waals surface area contributed by atoms with E-state index in [0.717, 1.165) is 12.3 Å². The number of Topliss-reactive ketones (excluding diaryl/α,β-unsaturated/α-hetero) is 1. The molecular weight excluding hydrogens is 150 g/mol. The molecular formula is C10H17NO. The summed E-state index contributed by atoms with van der Waals surface area (Å²) in [5, 5.41) is 3.45. The van der Waals surface area contributed by atoms with Crippen LogP contribution in [0.1, 0.15) is 39.0 Å². The highest BCUT2D eigenvalue weighted by atomic mass is 16.1. The molecule has 0 bridgehead atoms. The average molecular weight is 167 g/mol. The van der Waals surface area contributed by atoms with Gasteiger partial charge in [0.05, 0.1) is 6.04 Å². The normalized spacial score (nSPS) is 39.9. The third kappa shape index (κ3) is 1.28. The zero-order valence-corrected chi connectivity index (χ0v) is 7.68. The van der Waals surface area contributed by atoms with Crippen molar-refractivity contribution in [3.05, 3.63) is 0 Å². The molecule has 68 valence electrons. The Morgan fingerprint density at radius 1 is 1.50 bits per heavy atom. The van der Waals surface area contributed by atoms with E-state index in [9.17, 15) is 4.79 Å². The van der Waals surface area contributed by atoms with E-state index in [1.807, 2.05) is 6.92 Å². The molecule has 2 rings (SSSR count). The van der Waals surface area contributed by atoms with Crippen LogP contribution in [-0.4, -0.2) is 17.9 Å². The molecule has 0 radical (unpaired) electrons. The average Bonchev–Trinajstić information content (AvgIpc) is 2.60. The maximum atomic E-state index is 11.4. The van der Waals surface area contributed by atoms with Crippen LogP contribution in [0.2, 0.25) is 0 Å². The van der Waals surface area contributed by atoms with E-state index in [1.54, 1.807) is 0 Å². The molecule has 1 aliphatic carbocycles. The quantitative estimate of drug-likeness (QED) is 0.675. The zero-order chi connectivity index (χ0) is 8.55. The van der Waals surface area contributed by atoms with Gasteiger partial charge in [-0.25, -0.2) is 0 Å². The summed E-state index contributed by atoms with van der Waals surface area (Å²) in [6, 6.07) is 0.871. The summed E-state index contributed by atoms with van der Waals surface area (Å²) in [5.74, 6) is 1.22. The van der Waals surface area contributed by atoms with Gasteiger partial charge in [-0.15, -0.1) is 0 Å². The fourth-order valence-corrected chi connectivity index (χ4v) is 2.64. The largest absolute Gasteiger partial charge is 0.304 e. The van der Waals surface area contributed by atoms with Crippen LogP contribution in [0.5, 0.6) is 0 Å². The van der Waals surface area contributed by atoms with Gasteiger partial charge in [0, 0.05) is 12.5 Å². The molecule has 0 aromatic rings. The minimum Gasteiger partial charge on any atom is -0.304 e. The van der Waals surface area contributed by atoms with E-state index in [-0.39, 0.29) is 6.04 Å². The molecule has 2 unspecified atom stereocenters. The van der Waals surface area contributed by atoms with Gasteiger partial charge in [0.15, 0.2) is 0 Å². The Kier molecular flexibility index (Phi) is 2.18. The van der Waals surface area contributed by atoms with Crippen molar-refractivity contribution in [1.82, 2.24) is 5.32 Å². The van der Waals surface area contributed by atoms with Gasteiger partial charge < -0.3 is 5.32 Å². The third-order valence-corrected chi connectivity index (χ3v) is 3.35. The summed E-state index contributed by atoms with van der Waals surface area (Å²) in [4.78, 5) is 11.4. The first-order chi connectivity index (χ1) is 5.81. The molecule has 1 saturated heterocycles. The number of nitrogens with one attached hydrogen (secondary N) is 1. The van der Waals surface area contributed by atoms with Crippen molar-refractivity contribution in [2.45, 2.75) is 51.1 Å². The SMILES string of the molecule is CCC(=O)[C@@H]1CC2CCCC2N1. The molecule has 3 atom stereocenters. The van der Waals surface area contributed by atoms with Gasteiger partial charge in [-0.1, -0.05) is 13.3 Å². The number of ketones is 1. The topological polar surface area (TPSA) is 29.1 Å². The fraction of sp³-hybridized carbons (Fsp3) is 0.900. The van der Waals surface area contributed by atoms with Gasteiger partial charge in [-0.05, 0) is 25.2 Å². The van der Waals surface area contributed by atoms with Crippen LogP contribution in [0, 0.1) is 5.92 Å². The standard InChI is InChI=1S/C10H17NO/c1-2-10(12)9-6-7-4-3-5-8(7)11-9/h7-9,11H,2-6H2,1H3/t7?,8?,9-/m0/s1. The summed E-state index contributed by atoms with van der Waals surface area (Å²) >= 11 is 0. The van der Waals surface area contributed by atoms with Crippen molar-refractivity contribution in [2.75, 3.05) is 0 Å². The van der Waals surface area contributed by atoms with E-state index in [4.69, 9.17) is 0 Å². The molecule has 1 N–H and O–H groups in total. The monoisotopic (exact) mass is 167 g/mol. The van der Waals surface area contributed by atoms with Crippen LogP contribution in [0.25, 0.3) is 0 Å². The lowest BCUT2D eigenvalue weighted by Gasteiger charge is -2.09. The molecule has 2 heteroatoms. The molecule has 0 aromatic carbocycles. The molecule has 1 saturated carbocycles. The Morgan fingerprint density at radius 3 is 3.00 bits per heavy atom. The first kappa shape index (κ1) is 8.24. The lowest BCUT2D eigenvalue weighted by atomic mass is 9.99. The van der Waals surface area contributed by atoms with Gasteiger partial charge in [0.25, 0.3) is 0 Å². The number of hydrogen-bond donors (Lipinski definition) is 1. The second kappa shape index (κ2) is 3.17. The number of fused-ring (bicyclic) bond motifs is 1. The smallest absolute Gasteiger partial charge is 0.149 e. The first-order valence-electron chi connectivity index (χ1n) is 5.10. The second-order valence-electron chi connectivity index (χ2n) is 4.07. The predicted molar refractivity (Wildman–Crippen MR) is 48.0 cm³/mol. The van der Waals surface area contributed by atoms with E-state index < -0.39 is 0 Å². The van der Waals surface area contributed by atoms with E-state index in [1.165, 1.54) is 19.3 Å². The van der Waals surface area contributed by atoms with Crippen LogP contribution in [0.3, 0.4) is 0 Å². The van der Waals surface area contributed by atoms with E-state index in [2.05, 4.69) is 5.32 Å². The van der Waals surface area contributed by atoms with Crippen molar-refractivity contribution in [2.24, 2.45) is 5.92 Å². The Hall–Kier alpha value is -0.370. The molecule has 1 aliphatic heterocycles. The predicted octanol–water partition coefficient (Wildman–Crippen LogP) is 1.50. The van der Waals surface area contributed by atoms with Crippen molar-refractivity contribution in [1.29, 1.82) is 0 Å². The Bertz CT molecular complexity index is 178. The van der Waals surface area contributed by atoms with Gasteiger partial charge in [-0.2, -0.15) is 0 Å². The number of hydrogen-bond acceptors (Lipinski definition) is 2. The number of rotatable bonds is 2. The minimum atomic E-state index is 0.199. The van der Waals surface area contributed by atoms with Crippen LogP contribution in [-0.2, 0) is 4.79 Å². The van der Waals surface area contributed by atoms with Crippen molar-refractivity contribution in [3.63, 3.8) is 0 Å². The number of carbonyl (C=O) groups excluding carboxylic acids is 1. The lowest BCUT2D eigenvalue weighted by molar-refractivity contribution is -0.120.